The second-order valence-electron chi connectivity index (χ2n) is 4.63. The van der Waals surface area contributed by atoms with Crippen LogP contribution in [-0.2, 0) is 19.0 Å². The molecule has 1 aliphatic rings. The van der Waals surface area contributed by atoms with Crippen LogP contribution >= 0.6 is 0 Å². The topological polar surface area (TPSA) is 72.8 Å². The molecule has 1 atom stereocenters. The first-order chi connectivity index (χ1) is 7.97. The average molecular weight is 266 g/mol. The highest BCUT2D eigenvalue weighted by atomic mass is 32.2. The first kappa shape index (κ1) is 14.9. The van der Waals surface area contributed by atoms with Gasteiger partial charge in [0.15, 0.2) is 0 Å². The second kappa shape index (κ2) is 6.13. The Morgan fingerprint density at radius 2 is 2.06 bits per heavy atom. The lowest BCUT2D eigenvalue weighted by molar-refractivity contribution is 0.0566. The lowest BCUT2D eigenvalue weighted by Gasteiger charge is -2.19. The fourth-order valence-electron chi connectivity index (χ4n) is 1.81. The highest BCUT2D eigenvalue weighted by Gasteiger charge is 2.56. The predicted molar refractivity (Wildman–Crippen MR) is 64.2 cm³/mol. The molecule has 17 heavy (non-hydrogen) atoms. The largest absolute Gasteiger partial charge is 0.391 e. The molecule has 102 valence electrons. The molecule has 0 amide bonds. The Hall–Kier alpha value is -0.170. The van der Waals surface area contributed by atoms with E-state index in [0.717, 1.165) is 12.8 Å². The van der Waals surface area contributed by atoms with E-state index in [1.54, 1.807) is 0 Å². The number of rotatable bonds is 9. The second-order valence-corrected chi connectivity index (χ2v) is 6.64. The summed E-state index contributed by atoms with van der Waals surface area (Å²) in [6, 6.07) is 0. The Morgan fingerprint density at radius 1 is 1.41 bits per heavy atom. The van der Waals surface area contributed by atoms with Gasteiger partial charge in [0.25, 0.3) is 10.1 Å². The average Bonchev–Trinajstić information content (AvgIpc) is 2.99. The van der Waals surface area contributed by atoms with Gasteiger partial charge in [-0.3, -0.25) is 4.18 Å². The molecule has 1 fully saturated rings. The molecular weight excluding hydrogens is 244 g/mol. The van der Waals surface area contributed by atoms with E-state index < -0.39 is 21.0 Å². The molecule has 5 nitrogen and oxygen atoms in total. The Kier molecular flexibility index (Phi) is 5.37. The minimum Gasteiger partial charge on any atom is -0.391 e. The summed E-state index contributed by atoms with van der Waals surface area (Å²) in [5.74, 6) is 0. The van der Waals surface area contributed by atoms with E-state index in [2.05, 4.69) is 0 Å². The lowest BCUT2D eigenvalue weighted by Crippen LogP contribution is -2.32. The molecule has 0 radical (unpaired) electrons. The predicted octanol–water partition coefficient (Wildman–Crippen LogP) is 1.06. The quantitative estimate of drug-likeness (QED) is 0.499. The normalized spacial score (nSPS) is 20.2. The number of aliphatic hydroxyl groups excluding tert-OH is 1. The highest BCUT2D eigenvalue weighted by Crippen LogP contribution is 2.48. The Bertz CT molecular complexity index is 321. The van der Waals surface area contributed by atoms with Gasteiger partial charge >= 0.3 is 0 Å². The maximum absolute atomic E-state index is 12.0. The van der Waals surface area contributed by atoms with E-state index in [1.807, 2.05) is 6.92 Å². The van der Waals surface area contributed by atoms with Gasteiger partial charge in [0, 0.05) is 7.11 Å². The summed E-state index contributed by atoms with van der Waals surface area (Å²) in [4.78, 5) is 0. The Labute approximate surface area is 103 Å². The first-order valence-corrected chi connectivity index (χ1v) is 7.44. The van der Waals surface area contributed by atoms with Crippen molar-refractivity contribution in [3.05, 3.63) is 0 Å². The first-order valence-electron chi connectivity index (χ1n) is 6.03. The number of unbranched alkanes of at least 4 members (excludes halogenated alkanes) is 1. The van der Waals surface area contributed by atoms with Crippen molar-refractivity contribution in [2.45, 2.75) is 49.9 Å². The van der Waals surface area contributed by atoms with Crippen LogP contribution in [0, 0.1) is 0 Å². The van der Waals surface area contributed by atoms with E-state index in [1.165, 1.54) is 7.11 Å². The minimum absolute atomic E-state index is 0.159. The van der Waals surface area contributed by atoms with Crippen molar-refractivity contribution >= 4 is 10.1 Å². The van der Waals surface area contributed by atoms with Crippen LogP contribution in [0.3, 0.4) is 0 Å². The summed E-state index contributed by atoms with van der Waals surface area (Å²) in [5, 5.41) is 9.61. The number of hydrogen-bond acceptors (Lipinski definition) is 5. The zero-order chi connectivity index (χ0) is 12.9. The molecule has 0 aliphatic heterocycles. The zero-order valence-corrected chi connectivity index (χ0v) is 11.3. The van der Waals surface area contributed by atoms with E-state index in [-0.39, 0.29) is 19.6 Å². The molecule has 0 spiro atoms. The summed E-state index contributed by atoms with van der Waals surface area (Å²) < 4.78 is 32.8. The molecule has 0 heterocycles. The van der Waals surface area contributed by atoms with Gasteiger partial charge in [-0.1, -0.05) is 13.3 Å². The zero-order valence-electron chi connectivity index (χ0n) is 10.5. The molecule has 0 aromatic rings. The van der Waals surface area contributed by atoms with E-state index >= 15 is 0 Å². The monoisotopic (exact) mass is 266 g/mol. The lowest BCUT2D eigenvalue weighted by atomic mass is 10.2. The molecule has 1 saturated carbocycles. The summed E-state index contributed by atoms with van der Waals surface area (Å²) in [7, 11) is -2.07. The van der Waals surface area contributed by atoms with E-state index in [0.29, 0.717) is 12.8 Å². The fraction of sp³-hybridized carbons (Fsp3) is 1.00. The van der Waals surface area contributed by atoms with Crippen LogP contribution in [0.15, 0.2) is 0 Å². The molecule has 1 rings (SSSR count). The third kappa shape index (κ3) is 3.91. The van der Waals surface area contributed by atoms with Gasteiger partial charge in [0.1, 0.15) is 4.75 Å². The molecular formula is C11H22O5S. The number of ether oxygens (including phenoxy) is 1. The maximum Gasteiger partial charge on any atom is 0.273 e. The fourth-order valence-corrected chi connectivity index (χ4v) is 3.40. The third-order valence-electron chi connectivity index (χ3n) is 3.04. The van der Waals surface area contributed by atoms with Crippen molar-refractivity contribution in [2.24, 2.45) is 0 Å². The molecule has 0 unspecified atom stereocenters. The molecule has 1 aliphatic carbocycles. The third-order valence-corrected chi connectivity index (χ3v) is 5.15. The summed E-state index contributed by atoms with van der Waals surface area (Å²) in [6.07, 6.45) is 2.23. The van der Waals surface area contributed by atoms with Gasteiger partial charge in [-0.2, -0.15) is 8.42 Å². The van der Waals surface area contributed by atoms with Crippen LogP contribution in [0.25, 0.3) is 0 Å². The smallest absolute Gasteiger partial charge is 0.273 e. The Balaban J connectivity index is 2.51. The number of hydrogen-bond donors (Lipinski definition) is 1. The van der Waals surface area contributed by atoms with Crippen LogP contribution in [0.5, 0.6) is 0 Å². The van der Waals surface area contributed by atoms with Crippen molar-refractivity contribution in [3.8, 4) is 0 Å². The summed E-state index contributed by atoms with van der Waals surface area (Å²) in [6.45, 7) is 2.37. The SMILES string of the molecule is CCCCOS(=O)(=O)C1(C[C@@H](O)COC)CC1. The van der Waals surface area contributed by atoms with Gasteiger partial charge in [-0.25, -0.2) is 0 Å². The molecule has 1 N–H and O–H groups in total. The number of methoxy groups -OCH3 is 1. The van der Waals surface area contributed by atoms with E-state index in [4.69, 9.17) is 8.92 Å². The number of aliphatic hydroxyl groups is 1. The van der Waals surface area contributed by atoms with Crippen LogP contribution in [0.4, 0.5) is 0 Å². The maximum atomic E-state index is 12.0. The van der Waals surface area contributed by atoms with Gasteiger partial charge < -0.3 is 9.84 Å². The highest BCUT2D eigenvalue weighted by molar-refractivity contribution is 7.88. The van der Waals surface area contributed by atoms with Crippen molar-refractivity contribution in [1.29, 1.82) is 0 Å². The minimum atomic E-state index is -3.55. The van der Waals surface area contributed by atoms with Gasteiger partial charge in [-0.15, -0.1) is 0 Å². The van der Waals surface area contributed by atoms with Crippen molar-refractivity contribution in [2.75, 3.05) is 20.3 Å². The van der Waals surface area contributed by atoms with Crippen LogP contribution in [-0.4, -0.2) is 44.7 Å². The van der Waals surface area contributed by atoms with Crippen LogP contribution in [0.2, 0.25) is 0 Å². The molecule has 0 aromatic heterocycles. The van der Waals surface area contributed by atoms with Gasteiger partial charge in [0.05, 0.1) is 19.3 Å². The van der Waals surface area contributed by atoms with Gasteiger partial charge in [0.2, 0.25) is 0 Å². The van der Waals surface area contributed by atoms with Gasteiger partial charge in [-0.05, 0) is 25.7 Å². The van der Waals surface area contributed by atoms with E-state index in [9.17, 15) is 13.5 Å². The summed E-state index contributed by atoms with van der Waals surface area (Å²) >= 11 is 0. The van der Waals surface area contributed by atoms with Crippen molar-refractivity contribution in [3.63, 3.8) is 0 Å². The molecule has 0 aromatic carbocycles. The van der Waals surface area contributed by atoms with Crippen LogP contribution < -0.4 is 0 Å². The molecule has 0 saturated heterocycles. The van der Waals surface area contributed by atoms with Crippen LogP contribution in [0.1, 0.15) is 39.0 Å². The van der Waals surface area contributed by atoms with Crippen molar-refractivity contribution in [1.82, 2.24) is 0 Å². The standard InChI is InChI=1S/C11H22O5S/c1-3-4-7-16-17(13,14)11(5-6-11)8-10(12)9-15-2/h10,12H,3-9H2,1-2H3/t10-/m1/s1. The molecule has 6 heteroatoms. The molecule has 0 bridgehead atoms. The van der Waals surface area contributed by atoms with Crippen molar-refractivity contribution < 1.29 is 22.4 Å². The summed E-state index contributed by atoms with van der Waals surface area (Å²) in [5.41, 5.74) is 0. The Morgan fingerprint density at radius 3 is 2.53 bits per heavy atom.